The lowest BCUT2D eigenvalue weighted by atomic mass is 10.1. The van der Waals surface area contributed by atoms with Crippen LogP contribution in [-0.2, 0) is 16.1 Å². The van der Waals surface area contributed by atoms with E-state index in [1.807, 2.05) is 13.8 Å². The van der Waals surface area contributed by atoms with Crippen molar-refractivity contribution in [1.29, 1.82) is 0 Å². The van der Waals surface area contributed by atoms with Crippen molar-refractivity contribution in [2.45, 2.75) is 65.6 Å². The van der Waals surface area contributed by atoms with Crippen molar-refractivity contribution in [3.8, 4) is 0 Å². The van der Waals surface area contributed by atoms with E-state index in [0.717, 1.165) is 19.3 Å². The number of Topliss-reactive ketones (excluding diaryl/α,β-unsaturated/α-hetero) is 1. The summed E-state index contributed by atoms with van der Waals surface area (Å²) in [6.45, 7) is 8.30. The molecule has 7 N–H and O–H groups in total. The van der Waals surface area contributed by atoms with Gasteiger partial charge in [-0.15, -0.1) is 0 Å². The number of unbranched alkanes of at least 4 members (excludes halogenated alkanes) is 1. The third-order valence-corrected chi connectivity index (χ3v) is 4.81. The van der Waals surface area contributed by atoms with Gasteiger partial charge in [-0.05, 0) is 25.3 Å². The normalized spacial score (nSPS) is 12.1. The van der Waals surface area contributed by atoms with Crippen molar-refractivity contribution in [2.75, 3.05) is 25.4 Å². The SMILES string of the molecule is CC(C)N[C@@H](CCCCN=C(N)N)CN(CC(=O)C(C)C)C(=O)Cn1ccc(N)nc1=O. The molecule has 11 heteroatoms. The first-order valence-corrected chi connectivity index (χ1v) is 10.9. The summed E-state index contributed by atoms with van der Waals surface area (Å²) in [7, 11) is 0. The lowest BCUT2D eigenvalue weighted by Crippen LogP contribution is -2.49. The van der Waals surface area contributed by atoms with Gasteiger partial charge in [0.15, 0.2) is 11.7 Å². The van der Waals surface area contributed by atoms with Crippen LogP contribution in [-0.4, -0.2) is 63.8 Å². The molecule has 1 rings (SSSR count). The Morgan fingerprint density at radius 2 is 1.91 bits per heavy atom. The van der Waals surface area contributed by atoms with Crippen molar-refractivity contribution in [3.63, 3.8) is 0 Å². The molecule has 0 unspecified atom stereocenters. The van der Waals surface area contributed by atoms with Crippen LogP contribution in [0.4, 0.5) is 5.82 Å². The molecule has 0 aliphatic carbocycles. The van der Waals surface area contributed by atoms with Gasteiger partial charge in [0, 0.05) is 37.3 Å². The molecule has 1 aromatic rings. The standard InChI is InChI=1S/C21H38N8O3/c1-14(2)17(30)12-29(19(31)13-28-10-8-18(22)27-21(28)32)11-16(26-15(3)4)7-5-6-9-25-20(23)24/h8,10,14-16,26H,5-7,9,11-13H2,1-4H3,(H2,22,27,32)(H4,23,24,25)/t16-/m0/s1. The largest absolute Gasteiger partial charge is 0.383 e. The topological polar surface area (TPSA) is 175 Å². The van der Waals surface area contributed by atoms with E-state index in [-0.39, 0.29) is 54.6 Å². The minimum absolute atomic E-state index is 0.0159. The van der Waals surface area contributed by atoms with Crippen LogP contribution in [0.2, 0.25) is 0 Å². The van der Waals surface area contributed by atoms with Gasteiger partial charge < -0.3 is 27.4 Å². The van der Waals surface area contributed by atoms with Gasteiger partial charge in [-0.25, -0.2) is 4.79 Å². The van der Waals surface area contributed by atoms with Gasteiger partial charge in [-0.3, -0.25) is 19.1 Å². The average Bonchev–Trinajstić information content (AvgIpc) is 2.68. The van der Waals surface area contributed by atoms with Crippen LogP contribution in [0.1, 0.15) is 47.0 Å². The van der Waals surface area contributed by atoms with E-state index >= 15 is 0 Å². The summed E-state index contributed by atoms with van der Waals surface area (Å²) in [5.74, 6) is -0.422. The maximum absolute atomic E-state index is 13.1. The van der Waals surface area contributed by atoms with Gasteiger partial charge >= 0.3 is 5.69 Å². The maximum Gasteiger partial charge on any atom is 0.349 e. The number of carbonyl (C=O) groups excluding carboxylic acids is 2. The Hall–Kier alpha value is -2.95. The summed E-state index contributed by atoms with van der Waals surface area (Å²) in [5, 5.41) is 3.46. The van der Waals surface area contributed by atoms with Gasteiger partial charge in [0.25, 0.3) is 0 Å². The van der Waals surface area contributed by atoms with E-state index in [2.05, 4.69) is 15.3 Å². The highest BCUT2D eigenvalue weighted by Crippen LogP contribution is 2.08. The molecule has 0 spiro atoms. The number of nitrogen functional groups attached to an aromatic ring is 1. The number of amides is 1. The van der Waals surface area contributed by atoms with Crippen molar-refractivity contribution < 1.29 is 9.59 Å². The molecule has 1 atom stereocenters. The smallest absolute Gasteiger partial charge is 0.349 e. The molecular weight excluding hydrogens is 412 g/mol. The van der Waals surface area contributed by atoms with Gasteiger partial charge in [0.2, 0.25) is 5.91 Å². The second-order valence-electron chi connectivity index (χ2n) is 8.48. The van der Waals surface area contributed by atoms with E-state index in [1.165, 1.54) is 21.7 Å². The molecule has 0 saturated heterocycles. The minimum atomic E-state index is -0.606. The van der Waals surface area contributed by atoms with Crippen LogP contribution in [0, 0.1) is 5.92 Å². The zero-order chi connectivity index (χ0) is 24.3. The number of aliphatic imine (C=N–C) groups is 1. The van der Waals surface area contributed by atoms with Crippen LogP contribution >= 0.6 is 0 Å². The lowest BCUT2D eigenvalue weighted by molar-refractivity contribution is -0.137. The molecule has 11 nitrogen and oxygen atoms in total. The van der Waals surface area contributed by atoms with E-state index in [4.69, 9.17) is 17.2 Å². The maximum atomic E-state index is 13.1. The quantitative estimate of drug-likeness (QED) is 0.169. The molecule has 0 bridgehead atoms. The van der Waals surface area contributed by atoms with Crippen LogP contribution < -0.4 is 28.2 Å². The predicted octanol–water partition coefficient (Wildman–Crippen LogP) is -0.310. The second-order valence-corrected chi connectivity index (χ2v) is 8.48. The fraction of sp³-hybridized carbons (Fsp3) is 0.667. The Morgan fingerprint density at radius 1 is 1.22 bits per heavy atom. The van der Waals surface area contributed by atoms with Crippen molar-refractivity contribution in [2.24, 2.45) is 22.4 Å². The van der Waals surface area contributed by atoms with E-state index in [0.29, 0.717) is 13.1 Å². The molecule has 32 heavy (non-hydrogen) atoms. The molecule has 0 saturated carbocycles. The summed E-state index contributed by atoms with van der Waals surface area (Å²) in [6.07, 6.45) is 3.86. The molecule has 0 aromatic carbocycles. The van der Waals surface area contributed by atoms with Gasteiger partial charge in [-0.2, -0.15) is 4.98 Å². The van der Waals surface area contributed by atoms with E-state index in [9.17, 15) is 14.4 Å². The van der Waals surface area contributed by atoms with Crippen molar-refractivity contribution >= 4 is 23.5 Å². The first kappa shape index (κ1) is 27.1. The molecule has 1 amide bonds. The van der Waals surface area contributed by atoms with Crippen LogP contribution in [0.15, 0.2) is 22.1 Å². The molecular formula is C21H38N8O3. The fourth-order valence-corrected chi connectivity index (χ4v) is 3.11. The first-order valence-electron chi connectivity index (χ1n) is 10.9. The number of carbonyl (C=O) groups is 2. The molecule has 1 aromatic heterocycles. The summed E-state index contributed by atoms with van der Waals surface area (Å²) < 4.78 is 1.19. The summed E-state index contributed by atoms with van der Waals surface area (Å²) in [4.78, 5) is 46.7. The van der Waals surface area contributed by atoms with Gasteiger partial charge in [-0.1, -0.05) is 27.7 Å². The third-order valence-electron chi connectivity index (χ3n) is 4.81. The molecule has 180 valence electrons. The number of nitrogens with two attached hydrogens (primary N) is 3. The Balaban J connectivity index is 2.93. The Bertz CT molecular complexity index is 831. The first-order chi connectivity index (χ1) is 15.0. The average molecular weight is 451 g/mol. The Morgan fingerprint density at radius 3 is 2.47 bits per heavy atom. The van der Waals surface area contributed by atoms with Crippen molar-refractivity contribution in [3.05, 3.63) is 22.7 Å². The zero-order valence-electron chi connectivity index (χ0n) is 19.6. The van der Waals surface area contributed by atoms with E-state index < -0.39 is 5.69 Å². The highest BCUT2D eigenvalue weighted by Gasteiger charge is 2.23. The Labute approximate surface area is 189 Å². The number of guanidine groups is 1. The summed E-state index contributed by atoms with van der Waals surface area (Å²) in [6, 6.07) is 1.62. The Kier molecular flexibility index (Phi) is 11.4. The number of nitrogens with one attached hydrogen (secondary N) is 1. The number of hydrogen-bond acceptors (Lipinski definition) is 7. The molecule has 0 aliphatic heterocycles. The molecule has 1 heterocycles. The fourth-order valence-electron chi connectivity index (χ4n) is 3.11. The summed E-state index contributed by atoms with van der Waals surface area (Å²) >= 11 is 0. The number of ketones is 1. The predicted molar refractivity (Wildman–Crippen MR) is 126 cm³/mol. The third kappa shape index (κ3) is 10.4. The highest BCUT2D eigenvalue weighted by atomic mass is 16.2. The van der Waals surface area contributed by atoms with Gasteiger partial charge in [0.05, 0.1) is 6.54 Å². The number of anilines is 1. The minimum Gasteiger partial charge on any atom is -0.383 e. The lowest BCUT2D eigenvalue weighted by Gasteiger charge is -2.30. The number of rotatable bonds is 14. The monoisotopic (exact) mass is 450 g/mol. The summed E-state index contributed by atoms with van der Waals surface area (Å²) in [5.41, 5.74) is 15.6. The van der Waals surface area contributed by atoms with Gasteiger partial charge in [0.1, 0.15) is 12.4 Å². The zero-order valence-corrected chi connectivity index (χ0v) is 19.6. The number of hydrogen-bond donors (Lipinski definition) is 4. The van der Waals surface area contributed by atoms with Crippen LogP contribution in [0.25, 0.3) is 0 Å². The van der Waals surface area contributed by atoms with Crippen LogP contribution in [0.3, 0.4) is 0 Å². The van der Waals surface area contributed by atoms with Crippen LogP contribution in [0.5, 0.6) is 0 Å². The molecule has 0 aliphatic rings. The van der Waals surface area contributed by atoms with E-state index in [1.54, 1.807) is 13.8 Å². The number of aromatic nitrogens is 2. The van der Waals surface area contributed by atoms with Crippen molar-refractivity contribution in [1.82, 2.24) is 19.8 Å². The second kappa shape index (κ2) is 13.5. The highest BCUT2D eigenvalue weighted by molar-refractivity contribution is 5.87. The number of nitrogens with zero attached hydrogens (tertiary/aromatic N) is 4. The molecule has 0 fully saturated rings. The molecule has 0 radical (unpaired) electrons.